The van der Waals surface area contributed by atoms with Crippen molar-refractivity contribution in [2.45, 2.75) is 19.4 Å². The molecule has 0 aliphatic rings. The minimum atomic E-state index is 0.0540. The Morgan fingerprint density at radius 3 is 2.42 bits per heavy atom. The van der Waals surface area contributed by atoms with Crippen LogP contribution in [0.2, 0.25) is 0 Å². The summed E-state index contributed by atoms with van der Waals surface area (Å²) in [5, 5.41) is 3.97. The molecule has 3 rings (SSSR count). The third kappa shape index (κ3) is 4.07. The van der Waals surface area contributed by atoms with Crippen LogP contribution in [0.15, 0.2) is 65.2 Å². The van der Waals surface area contributed by atoms with Gasteiger partial charge in [0.25, 0.3) is 0 Å². The van der Waals surface area contributed by atoms with Crippen LogP contribution >= 0.6 is 0 Å². The fourth-order valence-corrected chi connectivity index (χ4v) is 2.40. The molecule has 1 amide bonds. The monoisotopic (exact) mass is 321 g/mol. The molecule has 1 heterocycles. The van der Waals surface area contributed by atoms with Crippen molar-refractivity contribution in [3.05, 3.63) is 72.1 Å². The quantitative estimate of drug-likeness (QED) is 0.699. The Kier molecular flexibility index (Phi) is 5.01. The Morgan fingerprint density at radius 1 is 1.04 bits per heavy atom. The third-order valence-electron chi connectivity index (χ3n) is 3.77. The van der Waals surface area contributed by atoms with Crippen molar-refractivity contribution in [1.29, 1.82) is 0 Å². The molecule has 0 aliphatic carbocycles. The zero-order valence-corrected chi connectivity index (χ0v) is 13.6. The zero-order valence-electron chi connectivity index (χ0n) is 13.6. The Balaban J connectivity index is 1.55. The number of carbonyl (C=O) groups is 1. The van der Waals surface area contributed by atoms with E-state index in [0.717, 1.165) is 17.5 Å². The summed E-state index contributed by atoms with van der Waals surface area (Å²) in [5.41, 5.74) is 2.05. The molecule has 5 nitrogen and oxygen atoms in total. The first-order valence-electron chi connectivity index (χ1n) is 7.88. The molecule has 24 heavy (non-hydrogen) atoms. The first-order chi connectivity index (χ1) is 11.7. The van der Waals surface area contributed by atoms with E-state index in [1.54, 1.807) is 11.9 Å². The van der Waals surface area contributed by atoms with Gasteiger partial charge in [-0.3, -0.25) is 4.79 Å². The van der Waals surface area contributed by atoms with Crippen LogP contribution in [0.4, 0.5) is 0 Å². The van der Waals surface area contributed by atoms with Crippen LogP contribution in [-0.4, -0.2) is 28.0 Å². The number of carbonyl (C=O) groups excluding carboxylic acids is 1. The van der Waals surface area contributed by atoms with E-state index >= 15 is 0 Å². The second-order valence-electron chi connectivity index (χ2n) is 5.61. The summed E-state index contributed by atoms with van der Waals surface area (Å²) < 4.78 is 5.25. The molecule has 0 N–H and O–H groups in total. The number of benzene rings is 2. The predicted molar refractivity (Wildman–Crippen MR) is 91.0 cm³/mol. The highest BCUT2D eigenvalue weighted by atomic mass is 16.5. The van der Waals surface area contributed by atoms with Gasteiger partial charge in [0, 0.05) is 19.0 Å². The van der Waals surface area contributed by atoms with E-state index in [2.05, 4.69) is 10.1 Å². The van der Waals surface area contributed by atoms with Gasteiger partial charge in [-0.15, -0.1) is 0 Å². The van der Waals surface area contributed by atoms with Crippen LogP contribution < -0.4 is 0 Å². The van der Waals surface area contributed by atoms with Gasteiger partial charge in [0.05, 0.1) is 6.54 Å². The summed E-state index contributed by atoms with van der Waals surface area (Å²) in [6.45, 7) is 0.313. The van der Waals surface area contributed by atoms with Crippen molar-refractivity contribution in [2.24, 2.45) is 0 Å². The molecule has 5 heteroatoms. The first kappa shape index (κ1) is 15.9. The molecule has 0 aliphatic heterocycles. The maximum Gasteiger partial charge on any atom is 0.246 e. The molecule has 0 bridgehead atoms. The average molecular weight is 321 g/mol. The molecule has 0 radical (unpaired) electrons. The van der Waals surface area contributed by atoms with Crippen LogP contribution in [-0.2, 0) is 17.8 Å². The largest absolute Gasteiger partial charge is 0.337 e. The smallest absolute Gasteiger partial charge is 0.246 e. The van der Waals surface area contributed by atoms with Gasteiger partial charge in [-0.1, -0.05) is 65.8 Å². The number of amides is 1. The summed E-state index contributed by atoms with van der Waals surface area (Å²) in [4.78, 5) is 18.2. The molecule has 0 spiro atoms. The number of aryl methyl sites for hydroxylation is 1. The van der Waals surface area contributed by atoms with Crippen LogP contribution in [0.1, 0.15) is 17.9 Å². The molecule has 3 aromatic rings. The molecule has 0 fully saturated rings. The first-order valence-corrected chi connectivity index (χ1v) is 7.88. The van der Waals surface area contributed by atoms with Crippen LogP contribution in [0.5, 0.6) is 0 Å². The van der Waals surface area contributed by atoms with Gasteiger partial charge in [0.1, 0.15) is 0 Å². The lowest BCUT2D eigenvalue weighted by molar-refractivity contribution is -0.130. The van der Waals surface area contributed by atoms with Gasteiger partial charge >= 0.3 is 0 Å². The third-order valence-corrected chi connectivity index (χ3v) is 3.77. The van der Waals surface area contributed by atoms with Gasteiger partial charge in [-0.25, -0.2) is 0 Å². The lowest BCUT2D eigenvalue weighted by Crippen LogP contribution is -2.26. The zero-order chi connectivity index (χ0) is 16.8. The minimum Gasteiger partial charge on any atom is -0.337 e. The molecular formula is C19H19N3O2. The second-order valence-corrected chi connectivity index (χ2v) is 5.61. The number of rotatable bonds is 6. The Morgan fingerprint density at radius 2 is 1.71 bits per heavy atom. The minimum absolute atomic E-state index is 0.0540. The highest BCUT2D eigenvalue weighted by molar-refractivity contribution is 5.76. The van der Waals surface area contributed by atoms with Crippen LogP contribution in [0.3, 0.4) is 0 Å². The molecule has 0 unspecified atom stereocenters. The highest BCUT2D eigenvalue weighted by Gasteiger charge is 2.14. The number of hydrogen-bond acceptors (Lipinski definition) is 4. The Hall–Kier alpha value is -2.95. The standard InChI is InChI=1S/C19H19N3O2/c1-22(18(23)13-12-15-8-4-2-5-9-15)14-17-20-19(21-24-17)16-10-6-3-7-11-16/h2-11H,12-14H2,1H3. The topological polar surface area (TPSA) is 59.2 Å². The van der Waals surface area contributed by atoms with Crippen LogP contribution in [0.25, 0.3) is 11.4 Å². The van der Waals surface area contributed by atoms with E-state index in [-0.39, 0.29) is 5.91 Å². The van der Waals surface area contributed by atoms with E-state index in [4.69, 9.17) is 4.52 Å². The molecule has 2 aromatic carbocycles. The normalized spacial score (nSPS) is 10.5. The van der Waals surface area contributed by atoms with Gasteiger partial charge in [-0.2, -0.15) is 4.98 Å². The lowest BCUT2D eigenvalue weighted by atomic mass is 10.1. The van der Waals surface area contributed by atoms with E-state index in [9.17, 15) is 4.79 Å². The highest BCUT2D eigenvalue weighted by Crippen LogP contribution is 2.15. The summed E-state index contributed by atoms with van der Waals surface area (Å²) >= 11 is 0. The van der Waals surface area contributed by atoms with Gasteiger partial charge < -0.3 is 9.42 Å². The van der Waals surface area contributed by atoms with E-state index in [1.807, 2.05) is 60.7 Å². The van der Waals surface area contributed by atoms with Gasteiger partial charge in [0.15, 0.2) is 0 Å². The van der Waals surface area contributed by atoms with Gasteiger partial charge in [-0.05, 0) is 12.0 Å². The summed E-state index contributed by atoms with van der Waals surface area (Å²) in [6, 6.07) is 19.6. The predicted octanol–water partition coefficient (Wildman–Crippen LogP) is 3.33. The molecule has 0 atom stereocenters. The summed E-state index contributed by atoms with van der Waals surface area (Å²) in [7, 11) is 1.75. The molecule has 1 aromatic heterocycles. The fraction of sp³-hybridized carbons (Fsp3) is 0.211. The number of aromatic nitrogens is 2. The SMILES string of the molecule is CN(Cc1nc(-c2ccccc2)no1)C(=O)CCc1ccccc1. The second kappa shape index (κ2) is 7.55. The van der Waals surface area contributed by atoms with Crippen molar-refractivity contribution in [2.75, 3.05) is 7.05 Å². The fourth-order valence-electron chi connectivity index (χ4n) is 2.40. The lowest BCUT2D eigenvalue weighted by Gasteiger charge is -2.14. The van der Waals surface area contributed by atoms with Crippen molar-refractivity contribution in [3.63, 3.8) is 0 Å². The van der Waals surface area contributed by atoms with E-state index < -0.39 is 0 Å². The molecule has 0 saturated heterocycles. The maximum atomic E-state index is 12.2. The Bertz CT molecular complexity index is 785. The molecule has 0 saturated carbocycles. The number of nitrogens with zero attached hydrogens (tertiary/aromatic N) is 3. The van der Waals surface area contributed by atoms with Crippen molar-refractivity contribution in [1.82, 2.24) is 15.0 Å². The summed E-state index contributed by atoms with van der Waals surface area (Å²) in [6.07, 6.45) is 1.18. The van der Waals surface area contributed by atoms with Gasteiger partial charge in [0.2, 0.25) is 17.6 Å². The molecular weight excluding hydrogens is 302 g/mol. The van der Waals surface area contributed by atoms with Crippen LogP contribution in [0, 0.1) is 0 Å². The van der Waals surface area contributed by atoms with Crippen molar-refractivity contribution >= 4 is 5.91 Å². The maximum absolute atomic E-state index is 12.2. The van der Waals surface area contributed by atoms with Crippen molar-refractivity contribution < 1.29 is 9.32 Å². The number of hydrogen-bond donors (Lipinski definition) is 0. The Labute approximate surface area is 140 Å². The van der Waals surface area contributed by atoms with E-state index in [0.29, 0.717) is 24.7 Å². The van der Waals surface area contributed by atoms with E-state index in [1.165, 1.54) is 0 Å². The van der Waals surface area contributed by atoms with Crippen molar-refractivity contribution in [3.8, 4) is 11.4 Å². The average Bonchev–Trinajstić information content (AvgIpc) is 3.10. The summed E-state index contributed by atoms with van der Waals surface area (Å²) in [5.74, 6) is 1.03. The molecule has 122 valence electrons.